The van der Waals surface area contributed by atoms with E-state index in [9.17, 15) is 23.1 Å². The number of carbonyl (C=O) groups is 1. The average molecular weight is 341 g/mol. The Kier molecular flexibility index (Phi) is 3.70. The van der Waals surface area contributed by atoms with E-state index in [1.165, 1.54) is 23.7 Å². The van der Waals surface area contributed by atoms with E-state index in [0.29, 0.717) is 11.3 Å². The highest BCUT2D eigenvalue weighted by atomic mass is 19.4. The van der Waals surface area contributed by atoms with Gasteiger partial charge in [-0.1, -0.05) is 17.2 Å². The third-order valence-corrected chi connectivity index (χ3v) is 3.50. The number of tetrazole rings is 1. The van der Waals surface area contributed by atoms with Gasteiger partial charge in [0.2, 0.25) is 0 Å². The maximum Gasteiger partial charge on any atom is 0.573 e. The van der Waals surface area contributed by atoms with Gasteiger partial charge >= 0.3 is 12.3 Å². The monoisotopic (exact) mass is 341 g/mol. The van der Waals surface area contributed by atoms with Crippen LogP contribution in [0.5, 0.6) is 5.75 Å². The van der Waals surface area contributed by atoms with Crippen molar-refractivity contribution in [1.82, 2.24) is 20.2 Å². The molecule has 0 aliphatic carbocycles. The summed E-state index contributed by atoms with van der Waals surface area (Å²) in [5.41, 5.74) is 0.713. The summed E-state index contributed by atoms with van der Waals surface area (Å²) in [4.78, 5) is 15.6. The predicted octanol–water partition coefficient (Wildman–Crippen LogP) is 1.97. The van der Waals surface area contributed by atoms with Crippen molar-refractivity contribution >= 4 is 17.6 Å². The van der Waals surface area contributed by atoms with Crippen LogP contribution in [0.2, 0.25) is 0 Å². The van der Waals surface area contributed by atoms with E-state index in [1.807, 2.05) is 0 Å². The zero-order valence-corrected chi connectivity index (χ0v) is 12.1. The molecule has 1 aromatic carbocycles. The van der Waals surface area contributed by atoms with Gasteiger partial charge in [-0.15, -0.1) is 13.2 Å². The van der Waals surface area contributed by atoms with Crippen molar-refractivity contribution in [3.8, 4) is 5.75 Å². The van der Waals surface area contributed by atoms with Crippen LogP contribution < -0.4 is 4.74 Å². The van der Waals surface area contributed by atoms with Gasteiger partial charge in [0, 0.05) is 5.71 Å². The van der Waals surface area contributed by atoms with Crippen LogP contribution in [0.3, 0.4) is 0 Å². The molecule has 0 saturated heterocycles. The predicted molar refractivity (Wildman–Crippen MR) is 73.0 cm³/mol. The number of alkyl halides is 3. The molecule has 0 saturated carbocycles. The van der Waals surface area contributed by atoms with E-state index >= 15 is 0 Å². The number of carboxylic acid groups (broad SMARTS) is 1. The van der Waals surface area contributed by atoms with Crippen molar-refractivity contribution in [2.24, 2.45) is 10.9 Å². The van der Waals surface area contributed by atoms with Gasteiger partial charge in [-0.25, -0.2) is 9.67 Å². The molecule has 2 aromatic rings. The van der Waals surface area contributed by atoms with Crippen LogP contribution in [-0.2, 0) is 4.79 Å². The van der Waals surface area contributed by atoms with Crippen molar-refractivity contribution < 1.29 is 27.8 Å². The van der Waals surface area contributed by atoms with Crippen LogP contribution in [0.15, 0.2) is 29.3 Å². The van der Waals surface area contributed by atoms with E-state index in [2.05, 4.69) is 25.3 Å². The lowest BCUT2D eigenvalue weighted by molar-refractivity contribution is -0.274. The first-order valence-corrected chi connectivity index (χ1v) is 6.68. The summed E-state index contributed by atoms with van der Waals surface area (Å²) < 4.78 is 41.7. The molecule has 1 aromatic heterocycles. The zero-order chi connectivity index (χ0) is 17.5. The Hall–Kier alpha value is -2.98. The van der Waals surface area contributed by atoms with Gasteiger partial charge in [0.05, 0.1) is 0 Å². The Balaban J connectivity index is 2.00. The summed E-state index contributed by atoms with van der Waals surface area (Å²) in [6.07, 6.45) is -4.80. The number of rotatable bonds is 3. The van der Waals surface area contributed by atoms with Crippen molar-refractivity contribution in [2.45, 2.75) is 19.3 Å². The number of aromatic nitrogens is 4. The molecule has 2 heterocycles. The summed E-state index contributed by atoms with van der Waals surface area (Å²) in [6, 6.07) is 4.06. The Bertz CT molecular complexity index is 800. The molecule has 0 spiro atoms. The van der Waals surface area contributed by atoms with Crippen LogP contribution in [0, 0.1) is 5.92 Å². The van der Waals surface area contributed by atoms with Gasteiger partial charge in [0.25, 0.3) is 5.95 Å². The molecule has 0 bridgehead atoms. The largest absolute Gasteiger partial charge is 0.573 e. The molecule has 1 aliphatic rings. The number of hydrogen-bond donors (Lipinski definition) is 1. The van der Waals surface area contributed by atoms with E-state index in [-0.39, 0.29) is 5.95 Å². The molecule has 8 nitrogen and oxygen atoms in total. The van der Waals surface area contributed by atoms with E-state index in [4.69, 9.17) is 0 Å². The van der Waals surface area contributed by atoms with Crippen molar-refractivity contribution in [3.63, 3.8) is 0 Å². The minimum absolute atomic E-state index is 0.130. The number of benzene rings is 1. The molecule has 0 fully saturated rings. The molecule has 0 radical (unpaired) electrons. The third-order valence-electron chi connectivity index (χ3n) is 3.50. The Morgan fingerprint density at radius 2 is 1.96 bits per heavy atom. The highest BCUT2D eigenvalue weighted by Gasteiger charge is 2.39. The van der Waals surface area contributed by atoms with Gasteiger partial charge in [-0.05, 0) is 35.0 Å². The van der Waals surface area contributed by atoms with Gasteiger partial charge < -0.3 is 9.84 Å². The van der Waals surface area contributed by atoms with Gasteiger partial charge in [-0.2, -0.15) is 0 Å². The van der Waals surface area contributed by atoms with E-state index in [1.54, 1.807) is 0 Å². The smallest absolute Gasteiger partial charge is 0.481 e. The van der Waals surface area contributed by atoms with Crippen LogP contribution in [-0.4, -0.2) is 43.4 Å². The van der Waals surface area contributed by atoms with Gasteiger partial charge in [0.15, 0.2) is 0 Å². The number of hydrogen-bond acceptors (Lipinski definition) is 6. The lowest BCUT2D eigenvalue weighted by atomic mass is 9.88. The molecule has 24 heavy (non-hydrogen) atoms. The van der Waals surface area contributed by atoms with Crippen molar-refractivity contribution in [2.75, 3.05) is 0 Å². The van der Waals surface area contributed by atoms with Crippen LogP contribution >= 0.6 is 0 Å². The summed E-state index contributed by atoms with van der Waals surface area (Å²) in [6.45, 7) is 1.53. The fraction of sp³-hybridized carbons (Fsp3) is 0.308. The van der Waals surface area contributed by atoms with E-state index < -0.39 is 30.0 Å². The number of aliphatic carboxylic acids is 1. The Morgan fingerprint density at radius 1 is 1.29 bits per heavy atom. The first-order valence-electron chi connectivity index (χ1n) is 6.68. The normalized spacial score (nSPS) is 20.2. The topological polar surface area (TPSA) is 102 Å². The summed E-state index contributed by atoms with van der Waals surface area (Å²) in [5, 5.41) is 20.4. The lowest BCUT2D eigenvalue weighted by Gasteiger charge is -2.27. The van der Waals surface area contributed by atoms with Gasteiger partial charge in [-0.3, -0.25) is 4.79 Å². The molecule has 3 rings (SSSR count). The maximum atomic E-state index is 12.2. The summed E-state index contributed by atoms with van der Waals surface area (Å²) in [5.74, 6) is -2.46. The molecule has 0 amide bonds. The first-order chi connectivity index (χ1) is 11.3. The molecule has 1 aliphatic heterocycles. The summed E-state index contributed by atoms with van der Waals surface area (Å²) >= 11 is 0. The molecule has 2 atom stereocenters. The fourth-order valence-corrected chi connectivity index (χ4v) is 2.55. The number of aliphatic imine (C=N–C) groups is 1. The Morgan fingerprint density at radius 3 is 2.54 bits per heavy atom. The fourth-order valence-electron chi connectivity index (χ4n) is 2.55. The molecular weight excluding hydrogens is 331 g/mol. The minimum atomic E-state index is -4.80. The molecule has 126 valence electrons. The molecular formula is C13H10F3N5O3. The van der Waals surface area contributed by atoms with Crippen molar-refractivity contribution in [3.05, 3.63) is 29.8 Å². The highest BCUT2D eigenvalue weighted by Crippen LogP contribution is 2.35. The molecule has 2 unspecified atom stereocenters. The minimum Gasteiger partial charge on any atom is -0.481 e. The number of ether oxygens (including phenoxy) is 1. The van der Waals surface area contributed by atoms with E-state index in [0.717, 1.165) is 12.1 Å². The van der Waals surface area contributed by atoms with Crippen LogP contribution in [0.4, 0.5) is 19.1 Å². The first kappa shape index (κ1) is 15.9. The molecule has 11 heteroatoms. The van der Waals surface area contributed by atoms with Crippen molar-refractivity contribution in [1.29, 1.82) is 0 Å². The zero-order valence-electron chi connectivity index (χ0n) is 12.1. The number of nitrogens with zero attached hydrogens (tertiary/aromatic N) is 5. The highest BCUT2D eigenvalue weighted by molar-refractivity contribution is 6.02. The van der Waals surface area contributed by atoms with Crippen LogP contribution in [0.25, 0.3) is 0 Å². The second-order valence-electron chi connectivity index (χ2n) is 5.05. The standard InChI is InChI=1S/C13H10F3N5O3/c1-6-9(11(22)23)10(21-12(17-6)18-19-20-21)7-2-4-8(5-3-7)24-13(14,15)16/h2-5,9-10H,1H3,(H,22,23). The molecule has 1 N–H and O–H groups in total. The number of fused-ring (bicyclic) bond motifs is 1. The lowest BCUT2D eigenvalue weighted by Crippen LogP contribution is -2.35. The quantitative estimate of drug-likeness (QED) is 0.916. The third kappa shape index (κ3) is 2.92. The maximum absolute atomic E-state index is 12.2. The second kappa shape index (κ2) is 5.58. The van der Waals surface area contributed by atoms with Crippen LogP contribution in [0.1, 0.15) is 18.5 Å². The SMILES string of the molecule is CC1=Nc2nnnn2C(c2ccc(OC(F)(F)F)cc2)C1C(=O)O. The number of halogens is 3. The average Bonchev–Trinajstić information content (AvgIpc) is 2.92. The number of carboxylic acids is 1. The Labute approximate surface area is 132 Å². The van der Waals surface area contributed by atoms with Gasteiger partial charge in [0.1, 0.15) is 17.7 Å². The second-order valence-corrected chi connectivity index (χ2v) is 5.05. The summed E-state index contributed by atoms with van der Waals surface area (Å²) in [7, 11) is 0.